The highest BCUT2D eigenvalue weighted by atomic mass is 32.2. The molecule has 0 aromatic rings. The third-order valence-electron chi connectivity index (χ3n) is 2.02. The van der Waals surface area contributed by atoms with Gasteiger partial charge in [-0.3, -0.25) is 4.79 Å². The van der Waals surface area contributed by atoms with Gasteiger partial charge in [0.25, 0.3) is 0 Å². The Morgan fingerprint density at radius 2 is 2.21 bits per heavy atom. The van der Waals surface area contributed by atoms with E-state index in [4.69, 9.17) is 9.47 Å². The normalized spacial score (nSPS) is 17.1. The molecule has 1 saturated heterocycles. The molecule has 0 N–H and O–H groups in total. The number of thioether (sulfide) groups is 1. The van der Waals surface area contributed by atoms with Crippen molar-refractivity contribution in [3.63, 3.8) is 0 Å². The molecule has 14 heavy (non-hydrogen) atoms. The number of carbonyl (C=O) groups excluding carboxylic acids is 1. The molecule has 1 rings (SSSR count). The van der Waals surface area contributed by atoms with Crippen molar-refractivity contribution >= 4 is 17.7 Å². The van der Waals surface area contributed by atoms with Crippen LogP contribution in [0.15, 0.2) is 0 Å². The maximum Gasteiger partial charge on any atom is 0.232 e. The van der Waals surface area contributed by atoms with E-state index in [9.17, 15) is 4.79 Å². The number of hydrogen-bond donors (Lipinski definition) is 0. The Kier molecular flexibility index (Phi) is 5.98. The zero-order valence-electron chi connectivity index (χ0n) is 8.53. The average Bonchev–Trinajstić information content (AvgIpc) is 2.25. The number of morpholine rings is 1. The lowest BCUT2D eigenvalue weighted by atomic mass is 10.4. The second kappa shape index (κ2) is 7.09. The van der Waals surface area contributed by atoms with Crippen LogP contribution in [0, 0.1) is 0 Å². The number of carbonyl (C=O) groups is 1. The van der Waals surface area contributed by atoms with Gasteiger partial charge in [0.15, 0.2) is 0 Å². The number of methoxy groups -OCH3 is 1. The molecule has 1 heterocycles. The predicted molar refractivity (Wildman–Crippen MR) is 56.6 cm³/mol. The smallest absolute Gasteiger partial charge is 0.232 e. The van der Waals surface area contributed by atoms with Crippen LogP contribution in [-0.2, 0) is 14.3 Å². The minimum atomic E-state index is 0.217. The van der Waals surface area contributed by atoms with Gasteiger partial charge in [-0.05, 0) is 0 Å². The van der Waals surface area contributed by atoms with Crippen molar-refractivity contribution in [3.05, 3.63) is 0 Å². The minimum absolute atomic E-state index is 0.217. The zero-order valence-corrected chi connectivity index (χ0v) is 9.35. The van der Waals surface area contributed by atoms with E-state index < -0.39 is 0 Å². The Morgan fingerprint density at radius 3 is 2.86 bits per heavy atom. The largest absolute Gasteiger partial charge is 0.384 e. The van der Waals surface area contributed by atoms with Crippen molar-refractivity contribution in [3.8, 4) is 0 Å². The van der Waals surface area contributed by atoms with E-state index in [1.54, 1.807) is 18.9 Å². The van der Waals surface area contributed by atoms with Crippen molar-refractivity contribution in [2.75, 3.05) is 51.5 Å². The molecule has 1 amide bonds. The van der Waals surface area contributed by atoms with E-state index in [1.165, 1.54) is 0 Å². The highest BCUT2D eigenvalue weighted by Gasteiger charge is 2.15. The first-order chi connectivity index (χ1) is 6.84. The monoisotopic (exact) mass is 219 g/mol. The van der Waals surface area contributed by atoms with Crippen molar-refractivity contribution in [1.82, 2.24) is 4.90 Å². The Morgan fingerprint density at radius 1 is 1.50 bits per heavy atom. The van der Waals surface area contributed by atoms with Crippen LogP contribution in [0.5, 0.6) is 0 Å². The molecule has 0 atom stereocenters. The Bertz CT molecular complexity index is 171. The molecule has 0 bridgehead atoms. The van der Waals surface area contributed by atoms with Crippen molar-refractivity contribution in [1.29, 1.82) is 0 Å². The van der Waals surface area contributed by atoms with Crippen molar-refractivity contribution in [2.45, 2.75) is 0 Å². The number of hydrogen-bond acceptors (Lipinski definition) is 4. The van der Waals surface area contributed by atoms with Crippen LogP contribution in [0.25, 0.3) is 0 Å². The van der Waals surface area contributed by atoms with E-state index in [1.807, 2.05) is 4.90 Å². The molecule has 0 unspecified atom stereocenters. The molecule has 82 valence electrons. The molecule has 0 aromatic heterocycles. The van der Waals surface area contributed by atoms with Gasteiger partial charge >= 0.3 is 0 Å². The molecule has 1 fully saturated rings. The molecule has 0 aliphatic carbocycles. The molecule has 4 nitrogen and oxygen atoms in total. The second-order valence-corrected chi connectivity index (χ2v) is 4.14. The molecule has 1 aliphatic heterocycles. The highest BCUT2D eigenvalue weighted by molar-refractivity contribution is 7.99. The molecule has 0 spiro atoms. The zero-order chi connectivity index (χ0) is 10.2. The number of nitrogens with zero attached hydrogens (tertiary/aromatic N) is 1. The van der Waals surface area contributed by atoms with E-state index in [0.29, 0.717) is 25.6 Å². The summed E-state index contributed by atoms with van der Waals surface area (Å²) < 4.78 is 10.1. The lowest BCUT2D eigenvalue weighted by molar-refractivity contribution is -0.132. The number of ether oxygens (including phenoxy) is 2. The van der Waals surface area contributed by atoms with Crippen LogP contribution in [-0.4, -0.2) is 62.3 Å². The van der Waals surface area contributed by atoms with Crippen LogP contribution in [0.3, 0.4) is 0 Å². The first-order valence-corrected chi connectivity index (χ1v) is 5.92. The Labute approximate surface area is 88.9 Å². The molecule has 1 aliphatic rings. The maximum atomic E-state index is 11.6. The van der Waals surface area contributed by atoms with Crippen molar-refractivity contribution in [2.24, 2.45) is 0 Å². The molecule has 0 aromatic carbocycles. The quantitative estimate of drug-likeness (QED) is 0.620. The van der Waals surface area contributed by atoms with Gasteiger partial charge in [-0.2, -0.15) is 0 Å². The van der Waals surface area contributed by atoms with Gasteiger partial charge in [0, 0.05) is 26.0 Å². The van der Waals surface area contributed by atoms with E-state index in [2.05, 4.69) is 0 Å². The highest BCUT2D eigenvalue weighted by Crippen LogP contribution is 2.04. The molecule has 0 saturated carbocycles. The fourth-order valence-electron chi connectivity index (χ4n) is 1.21. The Balaban J connectivity index is 2.07. The predicted octanol–water partition coefficient (Wildman–Crippen LogP) is 0.225. The summed E-state index contributed by atoms with van der Waals surface area (Å²) in [5.74, 6) is 1.66. The molecular formula is C9H17NO3S. The summed E-state index contributed by atoms with van der Waals surface area (Å²) in [4.78, 5) is 13.4. The maximum absolute atomic E-state index is 11.6. The summed E-state index contributed by atoms with van der Waals surface area (Å²) in [6, 6.07) is 0. The van der Waals surface area contributed by atoms with E-state index in [-0.39, 0.29) is 5.91 Å². The lowest BCUT2D eigenvalue weighted by Crippen LogP contribution is -2.41. The fraction of sp³-hybridized carbons (Fsp3) is 0.889. The summed E-state index contributed by atoms with van der Waals surface area (Å²) in [5, 5.41) is 0. The van der Waals surface area contributed by atoms with Gasteiger partial charge in [-0.1, -0.05) is 0 Å². The van der Waals surface area contributed by atoms with Crippen LogP contribution in [0.1, 0.15) is 0 Å². The third kappa shape index (κ3) is 4.30. The summed E-state index contributed by atoms with van der Waals surface area (Å²) in [7, 11) is 1.67. The fourth-order valence-corrected chi connectivity index (χ4v) is 1.99. The Hall–Kier alpha value is -0.260. The summed E-state index contributed by atoms with van der Waals surface area (Å²) in [5.41, 5.74) is 0. The first-order valence-electron chi connectivity index (χ1n) is 4.77. The lowest BCUT2D eigenvalue weighted by Gasteiger charge is -2.26. The average molecular weight is 219 g/mol. The van der Waals surface area contributed by atoms with Crippen LogP contribution < -0.4 is 0 Å². The van der Waals surface area contributed by atoms with Gasteiger partial charge < -0.3 is 14.4 Å². The van der Waals surface area contributed by atoms with Gasteiger partial charge in [0.2, 0.25) is 5.91 Å². The topological polar surface area (TPSA) is 38.8 Å². The van der Waals surface area contributed by atoms with Crippen molar-refractivity contribution < 1.29 is 14.3 Å². The third-order valence-corrected chi connectivity index (χ3v) is 2.93. The van der Waals surface area contributed by atoms with Gasteiger partial charge in [0.05, 0.1) is 25.6 Å². The van der Waals surface area contributed by atoms with Crippen LogP contribution >= 0.6 is 11.8 Å². The van der Waals surface area contributed by atoms with E-state index >= 15 is 0 Å². The van der Waals surface area contributed by atoms with Gasteiger partial charge in [-0.25, -0.2) is 0 Å². The van der Waals surface area contributed by atoms with Gasteiger partial charge in [0.1, 0.15) is 0 Å². The van der Waals surface area contributed by atoms with Gasteiger partial charge in [-0.15, -0.1) is 11.8 Å². The number of rotatable bonds is 5. The van der Waals surface area contributed by atoms with Crippen LogP contribution in [0.2, 0.25) is 0 Å². The van der Waals surface area contributed by atoms with E-state index in [0.717, 1.165) is 18.8 Å². The number of amides is 1. The summed E-state index contributed by atoms with van der Waals surface area (Å²) >= 11 is 1.62. The first kappa shape index (κ1) is 11.8. The summed E-state index contributed by atoms with van der Waals surface area (Å²) in [6.07, 6.45) is 0. The summed E-state index contributed by atoms with van der Waals surface area (Å²) in [6.45, 7) is 3.54. The van der Waals surface area contributed by atoms with Crippen LogP contribution in [0.4, 0.5) is 0 Å². The SMILES string of the molecule is COCCSCC(=O)N1CCOCC1. The molecular weight excluding hydrogens is 202 g/mol. The second-order valence-electron chi connectivity index (χ2n) is 3.04. The molecule has 5 heteroatoms. The standard InChI is InChI=1S/C9H17NO3S/c1-12-6-7-14-8-9(11)10-2-4-13-5-3-10/h2-8H2,1H3. The molecule has 0 radical (unpaired) electrons. The minimum Gasteiger partial charge on any atom is -0.384 e.